The number of carbonyl (C=O) groups is 2. The fraction of sp³-hybridized carbons (Fsp3) is 0.500. The zero-order valence-corrected chi connectivity index (χ0v) is 13.7. The lowest BCUT2D eigenvalue weighted by Gasteiger charge is -2.34. The third-order valence-electron chi connectivity index (χ3n) is 4.15. The van der Waals surface area contributed by atoms with Crippen LogP contribution in [-0.4, -0.2) is 36.3 Å². The van der Waals surface area contributed by atoms with E-state index in [1.165, 1.54) is 7.05 Å². The number of likely N-dealkylation sites (N-methyl/N-ethyl adjacent to an activating group) is 1. The number of hydrogen-bond donors (Lipinski definition) is 1. The smallest absolute Gasteiger partial charge is 0.357 e. The summed E-state index contributed by atoms with van der Waals surface area (Å²) < 4.78 is 77.7. The molecule has 1 saturated heterocycles. The Kier molecular flexibility index (Phi) is 5.52. The fourth-order valence-electron chi connectivity index (χ4n) is 2.86. The van der Waals surface area contributed by atoms with Crippen LogP contribution >= 0.6 is 0 Å². The molecule has 0 spiro atoms. The Bertz CT molecular complexity index is 667. The van der Waals surface area contributed by atoms with Gasteiger partial charge in [0.2, 0.25) is 5.91 Å². The van der Waals surface area contributed by atoms with Gasteiger partial charge in [-0.25, -0.2) is 0 Å². The van der Waals surface area contributed by atoms with Crippen molar-refractivity contribution in [3.8, 4) is 0 Å². The Hall–Kier alpha value is -2.26. The summed E-state index contributed by atoms with van der Waals surface area (Å²) in [5, 5.41) is 2.35. The molecular weight excluding hydrogens is 366 g/mol. The second-order valence-corrected chi connectivity index (χ2v) is 5.92. The SMILES string of the molecule is CNC(=O)C1CCCCN1C(=O)c1cc(C(F)(F)F)cc(C(F)(F)F)c1. The van der Waals surface area contributed by atoms with Gasteiger partial charge in [-0.05, 0) is 37.5 Å². The van der Waals surface area contributed by atoms with Gasteiger partial charge in [0.25, 0.3) is 5.91 Å². The van der Waals surface area contributed by atoms with Crippen LogP contribution < -0.4 is 5.32 Å². The highest BCUT2D eigenvalue weighted by Gasteiger charge is 2.39. The summed E-state index contributed by atoms with van der Waals surface area (Å²) in [6.07, 6.45) is -8.67. The van der Waals surface area contributed by atoms with Gasteiger partial charge in [0.1, 0.15) is 6.04 Å². The normalized spacial score (nSPS) is 18.6. The zero-order chi connectivity index (χ0) is 19.7. The van der Waals surface area contributed by atoms with E-state index < -0.39 is 46.9 Å². The third-order valence-corrected chi connectivity index (χ3v) is 4.15. The zero-order valence-electron chi connectivity index (χ0n) is 13.7. The van der Waals surface area contributed by atoms with E-state index >= 15 is 0 Å². The largest absolute Gasteiger partial charge is 0.416 e. The minimum atomic E-state index is -5.04. The maximum absolute atomic E-state index is 12.9. The van der Waals surface area contributed by atoms with Crippen LogP contribution in [0, 0.1) is 0 Å². The summed E-state index contributed by atoms with van der Waals surface area (Å²) in [7, 11) is 1.34. The van der Waals surface area contributed by atoms with E-state index in [-0.39, 0.29) is 19.0 Å². The van der Waals surface area contributed by atoms with Crippen LogP contribution in [0.5, 0.6) is 0 Å². The second kappa shape index (κ2) is 7.16. The van der Waals surface area contributed by atoms with E-state index in [0.717, 1.165) is 4.90 Å². The molecule has 2 rings (SSSR count). The Balaban J connectivity index is 2.48. The number of alkyl halides is 6. The first-order valence-electron chi connectivity index (χ1n) is 7.77. The van der Waals surface area contributed by atoms with Crippen molar-refractivity contribution in [2.24, 2.45) is 0 Å². The lowest BCUT2D eigenvalue weighted by molar-refractivity contribution is -0.143. The van der Waals surface area contributed by atoms with Crippen LogP contribution in [0.3, 0.4) is 0 Å². The van der Waals surface area contributed by atoms with Gasteiger partial charge < -0.3 is 10.2 Å². The molecule has 1 aliphatic heterocycles. The maximum Gasteiger partial charge on any atom is 0.416 e. The second-order valence-electron chi connectivity index (χ2n) is 5.92. The van der Waals surface area contributed by atoms with Gasteiger partial charge in [-0.1, -0.05) is 0 Å². The number of carbonyl (C=O) groups excluding carboxylic acids is 2. The molecule has 26 heavy (non-hydrogen) atoms. The Labute approximate surface area is 145 Å². The van der Waals surface area contributed by atoms with Crippen molar-refractivity contribution in [1.82, 2.24) is 10.2 Å². The summed E-state index contributed by atoms with van der Waals surface area (Å²) in [5.41, 5.74) is -3.88. The predicted octanol–water partition coefficient (Wildman–Crippen LogP) is 3.46. The Morgan fingerprint density at radius 1 is 1.00 bits per heavy atom. The first kappa shape index (κ1) is 20.1. The summed E-state index contributed by atoms with van der Waals surface area (Å²) in [4.78, 5) is 25.5. The van der Waals surface area contributed by atoms with Crippen LogP contribution in [-0.2, 0) is 17.1 Å². The topological polar surface area (TPSA) is 49.4 Å². The van der Waals surface area contributed by atoms with Gasteiger partial charge in [0, 0.05) is 19.2 Å². The highest BCUT2D eigenvalue weighted by molar-refractivity contribution is 5.98. The van der Waals surface area contributed by atoms with Crippen molar-refractivity contribution in [2.45, 2.75) is 37.7 Å². The molecule has 0 aromatic heterocycles. The van der Waals surface area contributed by atoms with E-state index in [0.29, 0.717) is 25.0 Å². The molecule has 1 atom stereocenters. The first-order chi connectivity index (χ1) is 11.9. The molecule has 1 unspecified atom stereocenters. The lowest BCUT2D eigenvalue weighted by atomic mass is 9.98. The quantitative estimate of drug-likeness (QED) is 0.797. The summed E-state index contributed by atoms with van der Waals surface area (Å²) in [5.74, 6) is -1.55. The highest BCUT2D eigenvalue weighted by atomic mass is 19.4. The predicted molar refractivity (Wildman–Crippen MR) is 79.2 cm³/mol. The first-order valence-corrected chi connectivity index (χ1v) is 7.77. The number of rotatable bonds is 2. The van der Waals surface area contributed by atoms with Crippen LogP contribution in [0.15, 0.2) is 18.2 Å². The van der Waals surface area contributed by atoms with Crippen LogP contribution in [0.2, 0.25) is 0 Å². The van der Waals surface area contributed by atoms with Gasteiger partial charge in [-0.3, -0.25) is 9.59 Å². The summed E-state index contributed by atoms with van der Waals surface area (Å²) >= 11 is 0. The molecule has 0 aliphatic carbocycles. The average molecular weight is 382 g/mol. The van der Waals surface area contributed by atoms with E-state index in [4.69, 9.17) is 0 Å². The minimum absolute atomic E-state index is 0.0385. The van der Waals surface area contributed by atoms with Gasteiger partial charge >= 0.3 is 12.4 Å². The van der Waals surface area contributed by atoms with Crippen molar-refractivity contribution in [2.75, 3.05) is 13.6 Å². The highest BCUT2D eigenvalue weighted by Crippen LogP contribution is 2.36. The van der Waals surface area contributed by atoms with E-state index in [2.05, 4.69) is 5.32 Å². The van der Waals surface area contributed by atoms with Crippen molar-refractivity contribution in [3.63, 3.8) is 0 Å². The molecule has 1 fully saturated rings. The van der Waals surface area contributed by atoms with Crippen LogP contribution in [0.25, 0.3) is 0 Å². The molecule has 0 bridgehead atoms. The number of piperidine rings is 1. The lowest BCUT2D eigenvalue weighted by Crippen LogP contribution is -2.51. The van der Waals surface area contributed by atoms with Gasteiger partial charge in [0.05, 0.1) is 11.1 Å². The minimum Gasteiger partial charge on any atom is -0.357 e. The molecule has 10 heteroatoms. The Morgan fingerprint density at radius 2 is 1.54 bits per heavy atom. The van der Waals surface area contributed by atoms with Crippen molar-refractivity contribution >= 4 is 11.8 Å². The van der Waals surface area contributed by atoms with Crippen molar-refractivity contribution < 1.29 is 35.9 Å². The van der Waals surface area contributed by atoms with Crippen LogP contribution in [0.1, 0.15) is 40.7 Å². The number of halogens is 6. The number of amides is 2. The third kappa shape index (κ3) is 4.28. The molecule has 1 aromatic carbocycles. The van der Waals surface area contributed by atoms with E-state index in [9.17, 15) is 35.9 Å². The fourth-order valence-corrected chi connectivity index (χ4v) is 2.86. The number of benzene rings is 1. The molecule has 1 aliphatic rings. The monoisotopic (exact) mass is 382 g/mol. The molecule has 144 valence electrons. The van der Waals surface area contributed by atoms with E-state index in [1.54, 1.807) is 0 Å². The average Bonchev–Trinajstić information content (AvgIpc) is 2.58. The molecule has 1 aromatic rings. The van der Waals surface area contributed by atoms with E-state index in [1.807, 2.05) is 0 Å². The number of nitrogens with zero attached hydrogens (tertiary/aromatic N) is 1. The Morgan fingerprint density at radius 3 is 2.00 bits per heavy atom. The maximum atomic E-state index is 12.9. The molecule has 1 N–H and O–H groups in total. The number of nitrogens with one attached hydrogen (secondary N) is 1. The molecule has 1 heterocycles. The molecule has 2 amide bonds. The van der Waals surface area contributed by atoms with Gasteiger partial charge in [0.15, 0.2) is 0 Å². The molecule has 4 nitrogen and oxygen atoms in total. The summed E-state index contributed by atoms with van der Waals surface area (Å²) in [6.45, 7) is 0.0779. The number of hydrogen-bond acceptors (Lipinski definition) is 2. The van der Waals surface area contributed by atoms with Crippen molar-refractivity contribution in [3.05, 3.63) is 34.9 Å². The van der Waals surface area contributed by atoms with Crippen LogP contribution in [0.4, 0.5) is 26.3 Å². The molecular formula is C16H16F6N2O2. The molecule has 0 radical (unpaired) electrons. The van der Waals surface area contributed by atoms with Gasteiger partial charge in [-0.15, -0.1) is 0 Å². The summed E-state index contributed by atoms with van der Waals surface area (Å²) in [6, 6.07) is -0.200. The number of likely N-dealkylation sites (tertiary alicyclic amines) is 1. The van der Waals surface area contributed by atoms with Crippen molar-refractivity contribution in [1.29, 1.82) is 0 Å². The standard InChI is InChI=1S/C16H16F6N2O2/c1-23-13(25)12-4-2-3-5-24(12)14(26)9-6-10(15(17,18)19)8-11(7-9)16(20,21)22/h6-8,12H,2-5H2,1H3,(H,23,25). The van der Waals surface area contributed by atoms with Gasteiger partial charge in [-0.2, -0.15) is 26.3 Å². The molecule has 0 saturated carbocycles.